The molecule has 0 aliphatic carbocycles. The molecule has 1 aromatic carbocycles. The lowest BCUT2D eigenvalue weighted by Crippen LogP contribution is -2.04. The van der Waals surface area contributed by atoms with Crippen molar-refractivity contribution in [2.75, 3.05) is 0 Å². The van der Waals surface area contributed by atoms with E-state index in [-0.39, 0.29) is 0 Å². The van der Waals surface area contributed by atoms with Crippen LogP contribution in [0.25, 0.3) is 0 Å². The van der Waals surface area contributed by atoms with Crippen molar-refractivity contribution in [2.24, 2.45) is 13.0 Å². The summed E-state index contributed by atoms with van der Waals surface area (Å²) in [5.74, 6) is 1.68. The van der Waals surface area contributed by atoms with Crippen molar-refractivity contribution in [1.82, 2.24) is 9.55 Å². The second-order valence-electron chi connectivity index (χ2n) is 5.85. The Morgan fingerprint density at radius 1 is 1.20 bits per heavy atom. The molecule has 20 heavy (non-hydrogen) atoms. The number of aliphatic hydroxyl groups excluding tert-OH is 1. The van der Waals surface area contributed by atoms with Crippen LogP contribution in [0.2, 0.25) is 0 Å². The third-order valence-electron chi connectivity index (χ3n) is 3.57. The molecule has 0 spiro atoms. The number of imidazole rings is 1. The van der Waals surface area contributed by atoms with Gasteiger partial charge < -0.3 is 9.67 Å². The minimum atomic E-state index is -0.417. The maximum Gasteiger partial charge on any atom is 0.108 e. The molecule has 1 heterocycles. The van der Waals surface area contributed by atoms with E-state index in [1.54, 1.807) is 6.20 Å². The van der Waals surface area contributed by atoms with Crippen LogP contribution >= 0.6 is 0 Å². The van der Waals surface area contributed by atoms with Crippen molar-refractivity contribution in [1.29, 1.82) is 0 Å². The van der Waals surface area contributed by atoms with Crippen LogP contribution in [0.15, 0.2) is 36.7 Å². The molecule has 108 valence electrons. The van der Waals surface area contributed by atoms with Gasteiger partial charge in [-0.25, -0.2) is 4.98 Å². The molecule has 3 heteroatoms. The van der Waals surface area contributed by atoms with Gasteiger partial charge in [0, 0.05) is 25.9 Å². The fourth-order valence-corrected chi connectivity index (χ4v) is 2.42. The molecule has 1 atom stereocenters. The van der Waals surface area contributed by atoms with Gasteiger partial charge in [-0.3, -0.25) is 0 Å². The van der Waals surface area contributed by atoms with E-state index in [0.717, 1.165) is 24.2 Å². The highest BCUT2D eigenvalue weighted by molar-refractivity contribution is 5.24. The molecule has 0 amide bonds. The number of rotatable bonds is 6. The van der Waals surface area contributed by atoms with E-state index >= 15 is 0 Å². The Bertz CT molecular complexity index is 528. The molecule has 2 rings (SSSR count). The third kappa shape index (κ3) is 3.94. The number of aryl methyl sites for hydroxylation is 2. The van der Waals surface area contributed by atoms with Gasteiger partial charge >= 0.3 is 0 Å². The molecule has 0 bridgehead atoms. The maximum absolute atomic E-state index is 10.2. The van der Waals surface area contributed by atoms with Crippen molar-refractivity contribution >= 4 is 0 Å². The lowest BCUT2D eigenvalue weighted by Gasteiger charge is -2.12. The molecule has 1 N–H and O–H groups in total. The van der Waals surface area contributed by atoms with E-state index in [1.807, 2.05) is 29.9 Å². The second-order valence-corrected chi connectivity index (χ2v) is 5.85. The predicted molar refractivity (Wildman–Crippen MR) is 81.5 cm³/mol. The number of hydrogen-bond acceptors (Lipinski definition) is 2. The summed E-state index contributed by atoms with van der Waals surface area (Å²) in [7, 11) is 1.98. The molecule has 0 fully saturated rings. The zero-order valence-corrected chi connectivity index (χ0v) is 12.6. The van der Waals surface area contributed by atoms with Gasteiger partial charge in [-0.1, -0.05) is 38.1 Å². The lowest BCUT2D eigenvalue weighted by molar-refractivity contribution is 0.167. The minimum absolute atomic E-state index is 0.417. The first-order chi connectivity index (χ1) is 9.56. The van der Waals surface area contributed by atoms with Gasteiger partial charge in [0.1, 0.15) is 5.82 Å². The van der Waals surface area contributed by atoms with Crippen LogP contribution in [0.1, 0.15) is 43.3 Å². The fourth-order valence-electron chi connectivity index (χ4n) is 2.42. The molecule has 3 nitrogen and oxygen atoms in total. The number of aliphatic hydroxyl groups is 1. The van der Waals surface area contributed by atoms with Gasteiger partial charge in [-0.15, -0.1) is 0 Å². The SMILES string of the molecule is CC(C)Cc1ccc(C(O)CCc2nccn2C)cc1. The largest absolute Gasteiger partial charge is 0.388 e. The molecule has 1 aromatic heterocycles. The molecule has 0 radical (unpaired) electrons. The highest BCUT2D eigenvalue weighted by atomic mass is 16.3. The summed E-state index contributed by atoms with van der Waals surface area (Å²) in [4.78, 5) is 4.28. The molecular formula is C17H24N2O. The maximum atomic E-state index is 10.2. The van der Waals surface area contributed by atoms with Gasteiger partial charge in [0.25, 0.3) is 0 Å². The highest BCUT2D eigenvalue weighted by Crippen LogP contribution is 2.20. The van der Waals surface area contributed by atoms with Crippen LogP contribution in [0.4, 0.5) is 0 Å². The van der Waals surface area contributed by atoms with E-state index in [0.29, 0.717) is 12.3 Å². The van der Waals surface area contributed by atoms with Crippen LogP contribution in [-0.4, -0.2) is 14.7 Å². The van der Waals surface area contributed by atoms with Crippen LogP contribution in [0, 0.1) is 5.92 Å². The van der Waals surface area contributed by atoms with Crippen LogP contribution in [0.3, 0.4) is 0 Å². The zero-order valence-electron chi connectivity index (χ0n) is 12.6. The summed E-state index contributed by atoms with van der Waals surface area (Å²) in [5, 5.41) is 10.2. The summed E-state index contributed by atoms with van der Waals surface area (Å²) in [6, 6.07) is 8.33. The number of hydrogen-bond donors (Lipinski definition) is 1. The Morgan fingerprint density at radius 3 is 2.45 bits per heavy atom. The first-order valence-electron chi connectivity index (χ1n) is 7.29. The van der Waals surface area contributed by atoms with Gasteiger partial charge in [-0.2, -0.15) is 0 Å². The van der Waals surface area contributed by atoms with Crippen LogP contribution < -0.4 is 0 Å². The van der Waals surface area contributed by atoms with Crippen molar-refractivity contribution in [3.05, 3.63) is 53.6 Å². The molecule has 0 saturated carbocycles. The van der Waals surface area contributed by atoms with Gasteiger partial charge in [0.15, 0.2) is 0 Å². The Kier molecular flexibility index (Phi) is 4.96. The monoisotopic (exact) mass is 272 g/mol. The standard InChI is InChI=1S/C17H24N2O/c1-13(2)12-14-4-6-15(7-5-14)16(20)8-9-17-18-10-11-19(17)3/h4-7,10-11,13,16,20H,8-9,12H2,1-3H3. The fraction of sp³-hybridized carbons (Fsp3) is 0.471. The van der Waals surface area contributed by atoms with E-state index in [9.17, 15) is 5.11 Å². The van der Waals surface area contributed by atoms with Gasteiger partial charge in [-0.05, 0) is 29.9 Å². The predicted octanol–water partition coefficient (Wildman–Crippen LogP) is 3.28. The van der Waals surface area contributed by atoms with E-state index in [1.165, 1.54) is 5.56 Å². The molecule has 1 unspecified atom stereocenters. The molecule has 0 aliphatic rings. The van der Waals surface area contributed by atoms with Crippen molar-refractivity contribution < 1.29 is 5.11 Å². The number of nitrogens with zero attached hydrogens (tertiary/aromatic N) is 2. The molecule has 2 aromatic rings. The summed E-state index contributed by atoms with van der Waals surface area (Å²) in [6.07, 6.45) is 5.89. The second kappa shape index (κ2) is 6.71. The smallest absolute Gasteiger partial charge is 0.108 e. The Balaban J connectivity index is 1.92. The lowest BCUT2D eigenvalue weighted by atomic mass is 9.99. The van der Waals surface area contributed by atoms with Crippen molar-refractivity contribution in [3.63, 3.8) is 0 Å². The average molecular weight is 272 g/mol. The summed E-state index contributed by atoms with van der Waals surface area (Å²) in [5.41, 5.74) is 2.33. The van der Waals surface area contributed by atoms with E-state index < -0.39 is 6.10 Å². The molecular weight excluding hydrogens is 248 g/mol. The first kappa shape index (κ1) is 14.8. The summed E-state index contributed by atoms with van der Waals surface area (Å²) >= 11 is 0. The molecule has 0 aliphatic heterocycles. The Labute approximate surface area is 121 Å². The zero-order chi connectivity index (χ0) is 14.5. The van der Waals surface area contributed by atoms with Gasteiger partial charge in [0.05, 0.1) is 6.10 Å². The normalized spacial score (nSPS) is 12.8. The topological polar surface area (TPSA) is 38.1 Å². The van der Waals surface area contributed by atoms with Crippen molar-refractivity contribution in [2.45, 2.75) is 39.2 Å². The Morgan fingerprint density at radius 2 is 1.90 bits per heavy atom. The van der Waals surface area contributed by atoms with Gasteiger partial charge in [0.2, 0.25) is 0 Å². The van der Waals surface area contributed by atoms with E-state index in [2.05, 4.69) is 31.0 Å². The minimum Gasteiger partial charge on any atom is -0.388 e. The summed E-state index contributed by atoms with van der Waals surface area (Å²) in [6.45, 7) is 4.44. The quantitative estimate of drug-likeness (QED) is 0.876. The Hall–Kier alpha value is -1.61. The third-order valence-corrected chi connectivity index (χ3v) is 3.57. The van der Waals surface area contributed by atoms with E-state index in [4.69, 9.17) is 0 Å². The van der Waals surface area contributed by atoms with Crippen molar-refractivity contribution in [3.8, 4) is 0 Å². The number of aromatic nitrogens is 2. The number of benzene rings is 1. The van der Waals surface area contributed by atoms with Crippen LogP contribution in [-0.2, 0) is 19.9 Å². The average Bonchev–Trinajstić information content (AvgIpc) is 2.82. The summed E-state index contributed by atoms with van der Waals surface area (Å²) < 4.78 is 2.00. The first-order valence-corrected chi connectivity index (χ1v) is 7.29. The molecule has 0 saturated heterocycles. The van der Waals surface area contributed by atoms with Crippen LogP contribution in [0.5, 0.6) is 0 Å². The highest BCUT2D eigenvalue weighted by Gasteiger charge is 2.09.